The van der Waals surface area contributed by atoms with Gasteiger partial charge >= 0.3 is 0 Å². The molecule has 0 saturated carbocycles. The van der Waals surface area contributed by atoms with Crippen molar-refractivity contribution in [1.29, 1.82) is 15.8 Å². The van der Waals surface area contributed by atoms with E-state index in [4.69, 9.17) is 0 Å². The second-order valence-electron chi connectivity index (χ2n) is 14.8. The molecule has 2 aliphatic carbocycles. The molecule has 3 heterocycles. The lowest BCUT2D eigenvalue weighted by Crippen LogP contribution is -2.21. The molecule has 6 aromatic carbocycles. The monoisotopic (exact) mass is 728 g/mol. The molecule has 57 heavy (non-hydrogen) atoms. The number of hydrogen-bond acceptors (Lipinski definition) is 3. The van der Waals surface area contributed by atoms with Gasteiger partial charge in [0.2, 0.25) is 0 Å². The molecule has 0 bridgehead atoms. The van der Waals surface area contributed by atoms with Gasteiger partial charge in [-0.3, -0.25) is 0 Å². The fourth-order valence-electron chi connectivity index (χ4n) is 9.50. The van der Waals surface area contributed by atoms with Gasteiger partial charge < -0.3 is 13.7 Å². The summed E-state index contributed by atoms with van der Waals surface area (Å²) in [4.78, 5) is 0. The number of aromatic nitrogens is 3. The van der Waals surface area contributed by atoms with E-state index in [1.807, 2.05) is 42.5 Å². The number of rotatable bonds is 4. The average Bonchev–Trinajstić information content (AvgIpc) is 3.92. The van der Waals surface area contributed by atoms with Crippen LogP contribution in [-0.4, -0.2) is 13.7 Å². The Bertz CT molecular complexity index is 3380. The lowest BCUT2D eigenvalue weighted by molar-refractivity contribution is 0.681. The van der Waals surface area contributed by atoms with Crippen LogP contribution >= 0.6 is 0 Å². The predicted molar refractivity (Wildman–Crippen MR) is 230 cm³/mol. The Balaban J connectivity index is 1.25. The van der Waals surface area contributed by atoms with Gasteiger partial charge in [-0.2, -0.15) is 15.8 Å². The topological polar surface area (TPSA) is 86.2 Å². The van der Waals surface area contributed by atoms with E-state index >= 15 is 0 Å². The van der Waals surface area contributed by atoms with Crippen LogP contribution < -0.4 is 0 Å². The second-order valence-corrected chi connectivity index (χ2v) is 14.8. The van der Waals surface area contributed by atoms with Crippen LogP contribution in [0.5, 0.6) is 0 Å². The third kappa shape index (κ3) is 4.61. The van der Waals surface area contributed by atoms with Gasteiger partial charge in [-0.15, -0.1) is 0 Å². The minimum absolute atomic E-state index is 0.443. The van der Waals surface area contributed by atoms with Crippen LogP contribution in [0.1, 0.15) is 6.42 Å². The van der Waals surface area contributed by atoms with Crippen molar-refractivity contribution in [3.63, 3.8) is 0 Å². The highest BCUT2D eigenvalue weighted by Crippen LogP contribution is 2.46. The molecule has 0 N–H and O–H groups in total. The normalized spacial score (nSPS) is 18.3. The first-order chi connectivity index (χ1) is 28.2. The van der Waals surface area contributed by atoms with Gasteiger partial charge in [-0.25, -0.2) is 0 Å². The highest BCUT2D eigenvalue weighted by atomic mass is 15.1. The maximum absolute atomic E-state index is 10.9. The number of nitrogens with zero attached hydrogens (tertiary/aromatic N) is 6. The van der Waals surface area contributed by atoms with Crippen molar-refractivity contribution in [3.8, 4) is 23.9 Å². The number of fused-ring (bicyclic) bond motifs is 10. The Morgan fingerprint density at radius 3 is 1.56 bits per heavy atom. The predicted octanol–water partition coefficient (Wildman–Crippen LogP) is 12.1. The highest BCUT2D eigenvalue weighted by molar-refractivity contribution is 6.24. The fraction of sp³-hybridized carbons (Fsp3) is 0.0784. The summed E-state index contributed by atoms with van der Waals surface area (Å²) in [5.74, 6) is -1.80. The van der Waals surface area contributed by atoms with Gasteiger partial charge in [0.05, 0.1) is 63.1 Å². The number of para-hydroxylation sites is 5. The van der Waals surface area contributed by atoms with Crippen molar-refractivity contribution in [3.05, 3.63) is 175 Å². The van der Waals surface area contributed by atoms with Crippen LogP contribution in [0.4, 0.5) is 0 Å². The van der Waals surface area contributed by atoms with Crippen molar-refractivity contribution in [2.75, 3.05) is 0 Å². The van der Waals surface area contributed by atoms with E-state index in [9.17, 15) is 15.8 Å². The molecule has 2 aliphatic rings. The van der Waals surface area contributed by atoms with Crippen LogP contribution in [0.25, 0.3) is 82.5 Å². The van der Waals surface area contributed by atoms with Crippen LogP contribution in [0.2, 0.25) is 0 Å². The number of benzene rings is 6. The van der Waals surface area contributed by atoms with Gasteiger partial charge in [0, 0.05) is 55.0 Å². The Morgan fingerprint density at radius 2 is 1.00 bits per heavy atom. The molecule has 0 spiro atoms. The zero-order chi connectivity index (χ0) is 38.2. The molecular formula is C51H32N6. The summed E-state index contributed by atoms with van der Waals surface area (Å²) in [6.07, 6.45) is 8.67. The molecule has 0 amide bonds. The molecule has 3 unspecified atom stereocenters. The molecule has 6 nitrogen and oxygen atoms in total. The summed E-state index contributed by atoms with van der Waals surface area (Å²) >= 11 is 0. The summed E-state index contributed by atoms with van der Waals surface area (Å²) in [6, 6.07) is 56.1. The lowest BCUT2D eigenvalue weighted by Gasteiger charge is -2.29. The first kappa shape index (κ1) is 32.6. The maximum Gasteiger partial charge on any atom is 0.107 e. The summed E-state index contributed by atoms with van der Waals surface area (Å²) in [6.45, 7) is 0. The van der Waals surface area contributed by atoms with Gasteiger partial charge in [-0.05, 0) is 54.5 Å². The van der Waals surface area contributed by atoms with E-state index in [1.165, 1.54) is 0 Å². The number of nitriles is 3. The zero-order valence-corrected chi connectivity index (χ0v) is 30.7. The molecule has 0 aliphatic heterocycles. The zero-order valence-electron chi connectivity index (χ0n) is 30.7. The third-order valence-electron chi connectivity index (χ3n) is 12.0. The molecule has 11 rings (SSSR count). The smallest absolute Gasteiger partial charge is 0.107 e. The first-order valence-corrected chi connectivity index (χ1v) is 19.2. The summed E-state index contributed by atoms with van der Waals surface area (Å²) in [5, 5.41) is 38.8. The van der Waals surface area contributed by atoms with E-state index in [0.717, 1.165) is 93.6 Å². The van der Waals surface area contributed by atoms with Gasteiger partial charge in [-0.1, -0.05) is 121 Å². The average molecular weight is 729 g/mol. The van der Waals surface area contributed by atoms with Crippen LogP contribution in [0.3, 0.4) is 0 Å². The minimum atomic E-state index is -0.727. The van der Waals surface area contributed by atoms with Gasteiger partial charge in [0.15, 0.2) is 0 Å². The molecule has 0 radical (unpaired) electrons. The first-order valence-electron chi connectivity index (χ1n) is 19.2. The van der Waals surface area contributed by atoms with Crippen LogP contribution in [0.15, 0.2) is 175 Å². The quantitative estimate of drug-likeness (QED) is 0.181. The largest absolute Gasteiger partial charge is 0.311 e. The molecule has 3 aromatic heterocycles. The van der Waals surface area contributed by atoms with E-state index in [0.29, 0.717) is 6.42 Å². The van der Waals surface area contributed by atoms with E-state index < -0.39 is 17.8 Å². The Hall–Kier alpha value is -7.85. The molecule has 9 aromatic rings. The second kappa shape index (κ2) is 12.6. The van der Waals surface area contributed by atoms with E-state index in [2.05, 4.69) is 153 Å². The van der Waals surface area contributed by atoms with E-state index in [-0.39, 0.29) is 0 Å². The van der Waals surface area contributed by atoms with Crippen molar-refractivity contribution >= 4 is 76.8 Å². The standard InChI is InChI=1S/C51H32N6/c52-29-33-24-25-36(49(43(33)31-54)56-45-19-9-4-14-37(45)38-15-5-10-20-46(38)56)32-22-23-34(30-53)48(28-32)57-47-21-11-7-17-40(47)42-27-26-41-39-16-6-8-18-44(39)55(50(41)51(42)57)35-12-2-1-3-13-35/h1-22,24-28,33-34,43H,23H2. The molecule has 0 saturated heterocycles. The molecular weight excluding hydrogens is 697 g/mol. The van der Waals surface area contributed by atoms with Crippen LogP contribution in [-0.2, 0) is 0 Å². The number of hydrogen-bond donors (Lipinski definition) is 0. The van der Waals surface area contributed by atoms with Gasteiger partial charge in [0.1, 0.15) is 5.92 Å². The molecule has 266 valence electrons. The summed E-state index contributed by atoms with van der Waals surface area (Å²) in [5.41, 5.74) is 10.7. The van der Waals surface area contributed by atoms with Crippen molar-refractivity contribution in [1.82, 2.24) is 13.7 Å². The van der Waals surface area contributed by atoms with Crippen molar-refractivity contribution < 1.29 is 0 Å². The Labute approximate surface area is 328 Å². The lowest BCUT2D eigenvalue weighted by atomic mass is 9.80. The molecule has 0 fully saturated rings. The highest BCUT2D eigenvalue weighted by Gasteiger charge is 2.34. The van der Waals surface area contributed by atoms with Crippen molar-refractivity contribution in [2.24, 2.45) is 17.8 Å². The Kier molecular flexibility index (Phi) is 7.20. The van der Waals surface area contributed by atoms with Gasteiger partial charge in [0.25, 0.3) is 0 Å². The minimum Gasteiger partial charge on any atom is -0.311 e. The summed E-state index contributed by atoms with van der Waals surface area (Å²) in [7, 11) is 0. The molecule has 6 heteroatoms. The fourth-order valence-corrected chi connectivity index (χ4v) is 9.50. The maximum atomic E-state index is 10.9. The summed E-state index contributed by atoms with van der Waals surface area (Å²) < 4.78 is 6.87. The molecule has 3 atom stereocenters. The Morgan fingerprint density at radius 1 is 0.491 bits per heavy atom. The van der Waals surface area contributed by atoms with Crippen molar-refractivity contribution in [2.45, 2.75) is 6.42 Å². The SMILES string of the molecule is N#CC1CC=C(C2=C(n3c4ccccc4c4ccccc43)C(C#N)C(C#N)C=C2)C=C1n1c2ccccc2c2ccc3c4ccccc4n(-c4ccccc4)c3c21. The third-order valence-corrected chi connectivity index (χ3v) is 12.0. The van der Waals surface area contributed by atoms with E-state index in [1.54, 1.807) is 0 Å². The number of allylic oxidation sites excluding steroid dienone is 8. The van der Waals surface area contributed by atoms with Crippen LogP contribution in [0, 0.1) is 51.7 Å².